The third kappa shape index (κ3) is 4.62. The van der Waals surface area contributed by atoms with Gasteiger partial charge in [0.2, 0.25) is 10.0 Å². The molecule has 0 aliphatic heterocycles. The molecule has 0 unspecified atom stereocenters. The minimum atomic E-state index is -3.34. The summed E-state index contributed by atoms with van der Waals surface area (Å²) in [6.45, 7) is 8.14. The molecule has 3 rings (SSSR count). The van der Waals surface area contributed by atoms with Crippen molar-refractivity contribution in [3.63, 3.8) is 0 Å². The van der Waals surface area contributed by atoms with E-state index in [0.29, 0.717) is 12.1 Å². The molecule has 27 heavy (non-hydrogen) atoms. The minimum absolute atomic E-state index is 0.105. The zero-order chi connectivity index (χ0) is 19.7. The lowest BCUT2D eigenvalue weighted by molar-refractivity contribution is 0.538. The van der Waals surface area contributed by atoms with Gasteiger partial charge in [-0.2, -0.15) is 0 Å². The maximum atomic E-state index is 12.2. The molecule has 3 aromatic rings. The van der Waals surface area contributed by atoms with Crippen LogP contribution in [-0.4, -0.2) is 28.8 Å². The van der Waals surface area contributed by atoms with Crippen LogP contribution in [0, 0.1) is 0 Å². The van der Waals surface area contributed by atoms with E-state index in [1.54, 1.807) is 6.07 Å². The number of hydrogen-bond acceptors (Lipinski definition) is 5. The van der Waals surface area contributed by atoms with Crippen molar-refractivity contribution < 1.29 is 8.42 Å². The number of rotatable bonds is 6. The second-order valence-corrected chi connectivity index (χ2v) is 10.3. The zero-order valence-corrected chi connectivity index (χ0v) is 17.6. The summed E-state index contributed by atoms with van der Waals surface area (Å²) in [6, 6.07) is 11.3. The molecule has 0 aliphatic carbocycles. The van der Waals surface area contributed by atoms with Crippen molar-refractivity contribution in [2.24, 2.45) is 0 Å². The molecule has 1 aromatic carbocycles. The van der Waals surface area contributed by atoms with Crippen molar-refractivity contribution in [3.8, 4) is 0 Å². The number of aromatic nitrogens is 3. The lowest BCUT2D eigenvalue weighted by Crippen LogP contribution is -2.16. The zero-order valence-electron chi connectivity index (χ0n) is 15.9. The van der Waals surface area contributed by atoms with Crippen LogP contribution in [0.3, 0.4) is 0 Å². The van der Waals surface area contributed by atoms with Crippen LogP contribution in [0.1, 0.15) is 39.9 Å². The summed E-state index contributed by atoms with van der Waals surface area (Å²) in [4.78, 5) is 1.83. The van der Waals surface area contributed by atoms with Crippen LogP contribution in [0.5, 0.6) is 0 Å². The van der Waals surface area contributed by atoms with Crippen molar-refractivity contribution in [1.29, 1.82) is 0 Å². The van der Waals surface area contributed by atoms with Gasteiger partial charge >= 0.3 is 0 Å². The van der Waals surface area contributed by atoms with Crippen LogP contribution >= 0.6 is 11.8 Å². The minimum Gasteiger partial charge on any atom is -0.285 e. The Bertz CT molecular complexity index is 1050. The molecule has 0 aliphatic rings. The molecule has 0 saturated heterocycles. The van der Waals surface area contributed by atoms with Gasteiger partial charge in [-0.15, -0.1) is 10.2 Å². The number of sulfonamides is 1. The van der Waals surface area contributed by atoms with Crippen LogP contribution in [0.2, 0.25) is 0 Å². The standard InChI is InChI=1S/C19H24N4O2S2/c1-5-12-27(24,25)22-15-8-6-7-9-16(15)26-14-10-11-17-20-21-18(19(2,3)4)23(17)13-14/h6-11,13,22H,5,12H2,1-4H3. The van der Waals surface area contributed by atoms with Gasteiger partial charge < -0.3 is 0 Å². The number of anilines is 1. The largest absolute Gasteiger partial charge is 0.285 e. The molecule has 0 radical (unpaired) electrons. The first-order valence-corrected chi connectivity index (χ1v) is 11.3. The average Bonchev–Trinajstić information content (AvgIpc) is 2.99. The van der Waals surface area contributed by atoms with Gasteiger partial charge in [-0.1, -0.05) is 51.6 Å². The van der Waals surface area contributed by atoms with Crippen LogP contribution < -0.4 is 4.72 Å². The predicted molar refractivity (Wildman–Crippen MR) is 110 cm³/mol. The molecule has 8 heteroatoms. The van der Waals surface area contributed by atoms with Gasteiger partial charge in [0.1, 0.15) is 5.82 Å². The highest BCUT2D eigenvalue weighted by Gasteiger charge is 2.21. The Balaban J connectivity index is 1.94. The number of para-hydroxylation sites is 1. The van der Waals surface area contributed by atoms with Crippen molar-refractivity contribution in [3.05, 3.63) is 48.4 Å². The Morgan fingerprint density at radius 3 is 2.56 bits per heavy atom. The maximum Gasteiger partial charge on any atom is 0.232 e. The molecule has 1 N–H and O–H groups in total. The number of nitrogens with zero attached hydrogens (tertiary/aromatic N) is 3. The van der Waals surface area contributed by atoms with Crippen molar-refractivity contribution >= 4 is 33.1 Å². The molecular weight excluding hydrogens is 380 g/mol. The van der Waals surface area contributed by atoms with Crippen molar-refractivity contribution in [2.75, 3.05) is 10.5 Å². The topological polar surface area (TPSA) is 76.4 Å². The molecule has 144 valence electrons. The van der Waals surface area contributed by atoms with Gasteiger partial charge in [-0.3, -0.25) is 9.12 Å². The summed E-state index contributed by atoms with van der Waals surface area (Å²) in [6.07, 6.45) is 2.57. The smallest absolute Gasteiger partial charge is 0.232 e. The van der Waals surface area contributed by atoms with Crippen molar-refractivity contribution in [1.82, 2.24) is 14.6 Å². The van der Waals surface area contributed by atoms with Gasteiger partial charge in [0.15, 0.2) is 5.65 Å². The third-order valence-electron chi connectivity index (χ3n) is 3.90. The van der Waals surface area contributed by atoms with Gasteiger partial charge in [0, 0.05) is 21.4 Å². The summed E-state index contributed by atoms with van der Waals surface area (Å²) >= 11 is 1.51. The summed E-state index contributed by atoms with van der Waals surface area (Å²) in [7, 11) is -3.34. The lowest BCUT2D eigenvalue weighted by atomic mass is 9.96. The fraction of sp³-hybridized carbons (Fsp3) is 0.368. The van der Waals surface area contributed by atoms with E-state index in [0.717, 1.165) is 21.3 Å². The summed E-state index contributed by atoms with van der Waals surface area (Å²) in [5.41, 5.74) is 1.26. The van der Waals surface area contributed by atoms with Crippen LogP contribution in [0.4, 0.5) is 5.69 Å². The van der Waals surface area contributed by atoms with Gasteiger partial charge in [-0.25, -0.2) is 8.42 Å². The van der Waals surface area contributed by atoms with E-state index in [4.69, 9.17) is 0 Å². The monoisotopic (exact) mass is 404 g/mol. The Labute approximate surface area is 164 Å². The summed E-state index contributed by atoms with van der Waals surface area (Å²) in [5, 5.41) is 8.55. The van der Waals surface area contributed by atoms with Crippen LogP contribution in [0.25, 0.3) is 5.65 Å². The number of nitrogens with one attached hydrogen (secondary N) is 1. The fourth-order valence-corrected chi connectivity index (χ4v) is 4.84. The van der Waals surface area contributed by atoms with E-state index in [2.05, 4.69) is 35.7 Å². The Hall–Kier alpha value is -2.06. The number of benzene rings is 1. The van der Waals surface area contributed by atoms with Crippen LogP contribution in [-0.2, 0) is 15.4 Å². The van der Waals surface area contributed by atoms with E-state index in [1.165, 1.54) is 11.8 Å². The normalized spacial score (nSPS) is 12.4. The molecular formula is C19H24N4O2S2. The molecule has 2 heterocycles. The molecule has 0 bridgehead atoms. The Kier molecular flexibility index (Phi) is 5.48. The summed E-state index contributed by atoms with van der Waals surface area (Å²) in [5.74, 6) is 0.991. The SMILES string of the molecule is CCCS(=O)(=O)Nc1ccccc1Sc1ccc2nnc(C(C)(C)C)n2c1. The first-order valence-electron chi connectivity index (χ1n) is 8.82. The fourth-order valence-electron chi connectivity index (χ4n) is 2.70. The van der Waals surface area contributed by atoms with E-state index < -0.39 is 10.0 Å². The third-order valence-corrected chi connectivity index (χ3v) is 6.43. The summed E-state index contributed by atoms with van der Waals surface area (Å²) < 4.78 is 29.0. The van der Waals surface area contributed by atoms with Gasteiger partial charge in [0.05, 0.1) is 11.4 Å². The van der Waals surface area contributed by atoms with Crippen LogP contribution in [0.15, 0.2) is 52.4 Å². The molecule has 0 spiro atoms. The molecule has 0 saturated carbocycles. The molecule has 0 fully saturated rings. The predicted octanol–water partition coefficient (Wildman–Crippen LogP) is 4.33. The van der Waals surface area contributed by atoms with Gasteiger partial charge in [0.25, 0.3) is 0 Å². The highest BCUT2D eigenvalue weighted by molar-refractivity contribution is 7.99. The second kappa shape index (κ2) is 7.52. The Morgan fingerprint density at radius 2 is 1.85 bits per heavy atom. The molecule has 2 aromatic heterocycles. The van der Waals surface area contributed by atoms with E-state index in [1.807, 2.05) is 47.9 Å². The van der Waals surface area contributed by atoms with Crippen molar-refractivity contribution in [2.45, 2.75) is 49.3 Å². The Morgan fingerprint density at radius 1 is 1.11 bits per heavy atom. The first kappa shape index (κ1) is 19.7. The first-order chi connectivity index (χ1) is 12.7. The number of hydrogen-bond donors (Lipinski definition) is 1. The number of pyridine rings is 1. The molecule has 0 amide bonds. The highest BCUT2D eigenvalue weighted by atomic mass is 32.2. The maximum absolute atomic E-state index is 12.2. The van der Waals surface area contributed by atoms with Gasteiger partial charge in [-0.05, 0) is 30.7 Å². The average molecular weight is 405 g/mol. The highest BCUT2D eigenvalue weighted by Crippen LogP contribution is 2.34. The van der Waals surface area contributed by atoms with E-state index in [-0.39, 0.29) is 11.2 Å². The lowest BCUT2D eigenvalue weighted by Gasteiger charge is -2.16. The van der Waals surface area contributed by atoms with E-state index >= 15 is 0 Å². The molecule has 6 nitrogen and oxygen atoms in total. The van der Waals surface area contributed by atoms with E-state index in [9.17, 15) is 8.42 Å². The second-order valence-electron chi connectivity index (χ2n) is 7.39. The molecule has 0 atom stereocenters. The quantitative estimate of drug-likeness (QED) is 0.662. The number of fused-ring (bicyclic) bond motifs is 1.